The maximum atomic E-state index is 9.60. The Morgan fingerprint density at radius 3 is 2.50 bits per heavy atom. The summed E-state index contributed by atoms with van der Waals surface area (Å²) in [5.74, 6) is 0. The number of aldehydes is 1. The van der Waals surface area contributed by atoms with Crippen molar-refractivity contribution in [2.45, 2.75) is 18.7 Å². The zero-order chi connectivity index (χ0) is 4.99. The summed E-state index contributed by atoms with van der Waals surface area (Å²) in [6.07, 6.45) is 1.46. The standard InChI is InChI=1S/C4H7ClO/c1-2-4(5)3-6/h3-4H,2H2,1H3. The van der Waals surface area contributed by atoms with Crippen molar-refractivity contribution in [3.8, 4) is 0 Å². The van der Waals surface area contributed by atoms with Crippen molar-refractivity contribution >= 4 is 17.9 Å². The van der Waals surface area contributed by atoms with E-state index in [1.807, 2.05) is 6.92 Å². The van der Waals surface area contributed by atoms with Crippen molar-refractivity contribution in [3.05, 3.63) is 0 Å². The lowest BCUT2D eigenvalue weighted by Crippen LogP contribution is -1.94. The summed E-state index contributed by atoms with van der Waals surface area (Å²) in [7, 11) is 0. The fourth-order valence-corrected chi connectivity index (χ4v) is 0.0962. The van der Waals surface area contributed by atoms with Gasteiger partial charge in [0.25, 0.3) is 0 Å². The van der Waals surface area contributed by atoms with Gasteiger partial charge in [-0.15, -0.1) is 11.6 Å². The van der Waals surface area contributed by atoms with Crippen LogP contribution in [0.1, 0.15) is 13.3 Å². The van der Waals surface area contributed by atoms with Crippen molar-refractivity contribution in [1.29, 1.82) is 0 Å². The summed E-state index contributed by atoms with van der Waals surface area (Å²) >= 11 is 5.28. The first-order chi connectivity index (χ1) is 2.81. The molecule has 0 aromatic heterocycles. The highest BCUT2D eigenvalue weighted by Crippen LogP contribution is 1.93. The molecule has 36 valence electrons. The van der Waals surface area contributed by atoms with Crippen LogP contribution in [0.3, 0.4) is 0 Å². The van der Waals surface area contributed by atoms with Crippen LogP contribution in [0.5, 0.6) is 0 Å². The Labute approximate surface area is 42.3 Å². The Bertz CT molecular complexity index is 44.8. The second kappa shape index (κ2) is 3.16. The second-order valence-electron chi connectivity index (χ2n) is 1.06. The summed E-state index contributed by atoms with van der Waals surface area (Å²) in [6, 6.07) is 0. The molecule has 1 unspecified atom stereocenters. The number of carbonyl (C=O) groups excluding carboxylic acids is 1. The lowest BCUT2D eigenvalue weighted by Gasteiger charge is -1.86. The van der Waals surface area contributed by atoms with Crippen LogP contribution in [0.4, 0.5) is 0 Å². The Morgan fingerprint density at radius 2 is 2.50 bits per heavy atom. The minimum atomic E-state index is -0.273. The first kappa shape index (κ1) is 5.96. The Kier molecular flexibility index (Phi) is 3.14. The molecule has 0 saturated carbocycles. The molecule has 0 bridgehead atoms. The molecule has 0 heterocycles. The van der Waals surface area contributed by atoms with E-state index in [0.29, 0.717) is 0 Å². The van der Waals surface area contributed by atoms with Crippen molar-refractivity contribution < 1.29 is 4.79 Å². The van der Waals surface area contributed by atoms with E-state index in [4.69, 9.17) is 11.6 Å². The van der Waals surface area contributed by atoms with E-state index in [0.717, 1.165) is 12.7 Å². The largest absolute Gasteiger partial charge is 0.302 e. The number of hydrogen-bond acceptors (Lipinski definition) is 1. The predicted octanol–water partition coefficient (Wildman–Crippen LogP) is 1.20. The molecule has 1 atom stereocenters. The van der Waals surface area contributed by atoms with Crippen molar-refractivity contribution in [2.24, 2.45) is 0 Å². The first-order valence-corrected chi connectivity index (χ1v) is 2.34. The molecule has 0 rings (SSSR count). The summed E-state index contributed by atoms with van der Waals surface area (Å²) in [5, 5.41) is -0.273. The van der Waals surface area contributed by atoms with Gasteiger partial charge in [0, 0.05) is 0 Å². The first-order valence-electron chi connectivity index (χ1n) is 1.90. The molecule has 2 heteroatoms. The average Bonchev–Trinajstić information content (AvgIpc) is 1.65. The van der Waals surface area contributed by atoms with Crippen molar-refractivity contribution in [2.75, 3.05) is 0 Å². The third kappa shape index (κ3) is 2.21. The van der Waals surface area contributed by atoms with Gasteiger partial charge in [-0.1, -0.05) is 6.92 Å². The lowest BCUT2D eigenvalue weighted by molar-refractivity contribution is -0.107. The highest BCUT2D eigenvalue weighted by molar-refractivity contribution is 6.27. The summed E-state index contributed by atoms with van der Waals surface area (Å²) < 4.78 is 0. The smallest absolute Gasteiger partial charge is 0.137 e. The van der Waals surface area contributed by atoms with Gasteiger partial charge in [-0.25, -0.2) is 0 Å². The molecule has 0 aromatic rings. The molecule has 0 aliphatic heterocycles. The summed E-state index contributed by atoms with van der Waals surface area (Å²) in [5.41, 5.74) is 0. The van der Waals surface area contributed by atoms with Crippen molar-refractivity contribution in [3.63, 3.8) is 0 Å². The van der Waals surface area contributed by atoms with Gasteiger partial charge >= 0.3 is 0 Å². The minimum Gasteiger partial charge on any atom is -0.302 e. The fourth-order valence-electron chi connectivity index (χ4n) is 0.0962. The normalized spacial score (nSPS) is 13.7. The van der Waals surface area contributed by atoms with Gasteiger partial charge in [-0.3, -0.25) is 0 Å². The summed E-state index contributed by atoms with van der Waals surface area (Å²) in [6.45, 7) is 1.87. The molecule has 0 fully saturated rings. The molecule has 0 N–H and O–H groups in total. The Morgan fingerprint density at radius 1 is 2.00 bits per heavy atom. The SMILES string of the molecule is CCC(Cl)C=O. The third-order valence-electron chi connectivity index (χ3n) is 0.538. The number of carbonyl (C=O) groups is 1. The van der Waals surface area contributed by atoms with E-state index in [1.54, 1.807) is 0 Å². The third-order valence-corrected chi connectivity index (χ3v) is 0.949. The Hall–Kier alpha value is -0.0400. The highest BCUT2D eigenvalue weighted by Gasteiger charge is 1.92. The van der Waals surface area contributed by atoms with Gasteiger partial charge in [-0.05, 0) is 6.42 Å². The van der Waals surface area contributed by atoms with Crippen LogP contribution in [-0.2, 0) is 4.79 Å². The van der Waals surface area contributed by atoms with Crippen LogP contribution in [-0.4, -0.2) is 11.7 Å². The molecule has 0 aliphatic carbocycles. The van der Waals surface area contributed by atoms with Gasteiger partial charge in [-0.2, -0.15) is 0 Å². The molecule has 0 saturated heterocycles. The van der Waals surface area contributed by atoms with E-state index in [-0.39, 0.29) is 5.38 Å². The predicted molar refractivity (Wildman–Crippen MR) is 26.0 cm³/mol. The van der Waals surface area contributed by atoms with Crippen LogP contribution in [0.25, 0.3) is 0 Å². The van der Waals surface area contributed by atoms with Gasteiger partial charge in [0.05, 0.1) is 5.38 Å². The zero-order valence-electron chi connectivity index (χ0n) is 3.65. The van der Waals surface area contributed by atoms with E-state index in [2.05, 4.69) is 0 Å². The topological polar surface area (TPSA) is 17.1 Å². The van der Waals surface area contributed by atoms with Crippen molar-refractivity contribution in [1.82, 2.24) is 0 Å². The number of alkyl halides is 1. The highest BCUT2D eigenvalue weighted by atomic mass is 35.5. The van der Waals surface area contributed by atoms with Crippen LogP contribution in [0.15, 0.2) is 0 Å². The number of hydrogen-bond donors (Lipinski definition) is 0. The monoisotopic (exact) mass is 106 g/mol. The van der Waals surface area contributed by atoms with Crippen LogP contribution < -0.4 is 0 Å². The minimum absolute atomic E-state index is 0.273. The molecule has 0 amide bonds. The molecule has 0 aliphatic rings. The van der Waals surface area contributed by atoms with Gasteiger partial charge < -0.3 is 4.79 Å². The molecule has 0 radical (unpaired) electrons. The van der Waals surface area contributed by atoms with E-state index >= 15 is 0 Å². The van der Waals surface area contributed by atoms with E-state index < -0.39 is 0 Å². The van der Waals surface area contributed by atoms with Crippen LogP contribution in [0, 0.1) is 0 Å². The zero-order valence-corrected chi connectivity index (χ0v) is 4.40. The Balaban J connectivity index is 2.96. The molecule has 1 nitrogen and oxygen atoms in total. The number of rotatable bonds is 2. The maximum Gasteiger partial charge on any atom is 0.137 e. The van der Waals surface area contributed by atoms with Gasteiger partial charge in [0.2, 0.25) is 0 Å². The van der Waals surface area contributed by atoms with E-state index in [9.17, 15) is 4.79 Å². The molecule has 0 spiro atoms. The fraction of sp³-hybridized carbons (Fsp3) is 0.750. The van der Waals surface area contributed by atoms with E-state index in [1.165, 1.54) is 0 Å². The molecular weight excluding hydrogens is 99.5 g/mol. The second-order valence-corrected chi connectivity index (χ2v) is 1.62. The van der Waals surface area contributed by atoms with Crippen LogP contribution in [0.2, 0.25) is 0 Å². The quantitative estimate of drug-likeness (QED) is 0.382. The summed E-state index contributed by atoms with van der Waals surface area (Å²) in [4.78, 5) is 9.60. The maximum absolute atomic E-state index is 9.60. The molecule has 6 heavy (non-hydrogen) atoms. The lowest BCUT2D eigenvalue weighted by atomic mass is 10.4. The van der Waals surface area contributed by atoms with Gasteiger partial charge in [0.1, 0.15) is 6.29 Å². The van der Waals surface area contributed by atoms with Gasteiger partial charge in [0.15, 0.2) is 0 Å². The van der Waals surface area contributed by atoms with Crippen LogP contribution >= 0.6 is 11.6 Å². The molecular formula is C4H7ClO. The molecule has 0 aromatic carbocycles. The average molecular weight is 107 g/mol. The number of halogens is 1.